The van der Waals surface area contributed by atoms with Crippen LogP contribution in [0.5, 0.6) is 0 Å². The highest BCUT2D eigenvalue weighted by Gasteiger charge is 2.17. The van der Waals surface area contributed by atoms with E-state index in [-0.39, 0.29) is 11.8 Å². The smallest absolute Gasteiger partial charge is 0.248 e. The van der Waals surface area contributed by atoms with Crippen LogP contribution in [-0.4, -0.2) is 16.8 Å². The van der Waals surface area contributed by atoms with E-state index in [1.54, 1.807) is 11.0 Å². The van der Waals surface area contributed by atoms with Crippen LogP contribution in [0, 0.1) is 6.92 Å². The molecule has 0 spiro atoms. The molecule has 0 unspecified atom stereocenters. The zero-order valence-corrected chi connectivity index (χ0v) is 17.8. The molecule has 0 aliphatic rings. The fourth-order valence-corrected chi connectivity index (χ4v) is 3.74. The summed E-state index contributed by atoms with van der Waals surface area (Å²) in [6.45, 7) is 3.43. The van der Waals surface area contributed by atoms with Crippen molar-refractivity contribution in [3.05, 3.63) is 75.7 Å². The summed E-state index contributed by atoms with van der Waals surface area (Å²) in [5.74, 6) is -0.374. The number of nitrogens with one attached hydrogen (secondary N) is 1. The molecule has 0 atom stereocenters. The maximum atomic E-state index is 12.2. The summed E-state index contributed by atoms with van der Waals surface area (Å²) in [5.41, 5.74) is 3.08. The number of amides is 2. The summed E-state index contributed by atoms with van der Waals surface area (Å²) >= 11 is 4.74. The van der Waals surface area contributed by atoms with Gasteiger partial charge < -0.3 is 5.32 Å². The van der Waals surface area contributed by atoms with Gasteiger partial charge in [-0.05, 0) is 42.8 Å². The topological polar surface area (TPSA) is 62.3 Å². The summed E-state index contributed by atoms with van der Waals surface area (Å²) in [6, 6.07) is 15.0. The van der Waals surface area contributed by atoms with Crippen LogP contribution in [0.3, 0.4) is 0 Å². The van der Waals surface area contributed by atoms with Gasteiger partial charge in [0.15, 0.2) is 5.13 Å². The zero-order valence-electron chi connectivity index (χ0n) is 15.3. The van der Waals surface area contributed by atoms with Crippen molar-refractivity contribution >= 4 is 61.7 Å². The lowest BCUT2D eigenvalue weighted by molar-refractivity contribution is -0.116. The Kier molecular flexibility index (Phi) is 6.38. The first-order valence-corrected chi connectivity index (χ1v) is 10.2. The molecule has 3 rings (SSSR count). The molecule has 0 saturated carbocycles. The van der Waals surface area contributed by atoms with Crippen molar-refractivity contribution in [1.29, 1.82) is 0 Å². The number of para-hydroxylation sites is 1. The number of benzene rings is 2. The van der Waals surface area contributed by atoms with E-state index in [0.29, 0.717) is 10.8 Å². The fraction of sp³-hybridized carbons (Fsp3) is 0.0952. The Hall–Kier alpha value is -2.77. The van der Waals surface area contributed by atoms with Crippen molar-refractivity contribution in [3.63, 3.8) is 0 Å². The van der Waals surface area contributed by atoms with Crippen molar-refractivity contribution in [2.45, 2.75) is 13.8 Å². The number of carbonyl (C=O) groups excluding carboxylic acids is 2. The van der Waals surface area contributed by atoms with Crippen LogP contribution in [0.1, 0.15) is 18.2 Å². The molecule has 0 radical (unpaired) electrons. The standard InChI is InChI=1S/C21H18BrN3O2S/c1-14-8-9-16(22)12-19(14)24-20(27)11-10-17-13-28-21(23-17)25(15(2)26)18-6-4-3-5-7-18/h3-13H,1-2H3,(H,24,27)/b11-10+. The SMILES string of the molecule is CC(=O)N(c1ccccc1)c1nc(/C=C/C(=O)Nc2cc(Br)ccc2C)cs1. The molecule has 7 heteroatoms. The number of nitrogens with zero attached hydrogens (tertiary/aromatic N) is 2. The molecule has 0 aliphatic heterocycles. The first kappa shape index (κ1) is 20.0. The molecule has 0 fully saturated rings. The van der Waals surface area contributed by atoms with E-state index in [4.69, 9.17) is 0 Å². The normalized spacial score (nSPS) is 10.8. The van der Waals surface area contributed by atoms with E-state index in [0.717, 1.165) is 21.4 Å². The predicted octanol–water partition coefficient (Wildman–Crippen LogP) is 5.55. The Bertz CT molecular complexity index is 1030. The number of hydrogen-bond acceptors (Lipinski definition) is 4. The van der Waals surface area contributed by atoms with E-state index < -0.39 is 0 Å². The van der Waals surface area contributed by atoms with Gasteiger partial charge in [-0.1, -0.05) is 40.2 Å². The number of anilines is 3. The second kappa shape index (κ2) is 8.95. The molecular weight excluding hydrogens is 438 g/mol. The number of aryl methyl sites for hydroxylation is 1. The summed E-state index contributed by atoms with van der Waals surface area (Å²) in [6.07, 6.45) is 3.06. The lowest BCUT2D eigenvalue weighted by Crippen LogP contribution is -2.22. The van der Waals surface area contributed by atoms with E-state index in [1.807, 2.05) is 60.8 Å². The monoisotopic (exact) mass is 455 g/mol. The molecule has 2 aromatic carbocycles. The number of hydrogen-bond donors (Lipinski definition) is 1. The minimum Gasteiger partial charge on any atom is -0.322 e. The summed E-state index contributed by atoms with van der Waals surface area (Å²) in [4.78, 5) is 30.3. The van der Waals surface area contributed by atoms with Crippen molar-refractivity contribution in [2.75, 3.05) is 10.2 Å². The summed E-state index contributed by atoms with van der Waals surface area (Å²) in [5, 5.41) is 5.22. The van der Waals surface area contributed by atoms with Crippen LogP contribution in [0.15, 0.2) is 64.5 Å². The van der Waals surface area contributed by atoms with Gasteiger partial charge in [-0.2, -0.15) is 0 Å². The quantitative estimate of drug-likeness (QED) is 0.512. The van der Waals surface area contributed by atoms with Gasteiger partial charge in [0.05, 0.1) is 11.4 Å². The maximum absolute atomic E-state index is 12.2. The number of halogens is 1. The molecule has 1 aromatic heterocycles. The first-order chi connectivity index (χ1) is 13.4. The average Bonchev–Trinajstić information content (AvgIpc) is 3.12. The van der Waals surface area contributed by atoms with Crippen molar-refractivity contribution in [1.82, 2.24) is 4.98 Å². The molecule has 0 aliphatic carbocycles. The lowest BCUT2D eigenvalue weighted by Gasteiger charge is -2.17. The Morgan fingerprint density at radius 2 is 1.93 bits per heavy atom. The molecule has 3 aromatic rings. The third-order valence-corrected chi connectivity index (χ3v) is 5.23. The predicted molar refractivity (Wildman–Crippen MR) is 118 cm³/mol. The largest absolute Gasteiger partial charge is 0.322 e. The maximum Gasteiger partial charge on any atom is 0.248 e. The molecule has 1 N–H and O–H groups in total. The number of aromatic nitrogens is 1. The highest BCUT2D eigenvalue weighted by Crippen LogP contribution is 2.29. The summed E-state index contributed by atoms with van der Waals surface area (Å²) < 4.78 is 0.895. The molecule has 1 heterocycles. The number of thiazole rings is 1. The Morgan fingerprint density at radius 3 is 2.64 bits per heavy atom. The van der Waals surface area contributed by atoms with E-state index >= 15 is 0 Å². The van der Waals surface area contributed by atoms with Gasteiger partial charge in [-0.15, -0.1) is 11.3 Å². The van der Waals surface area contributed by atoms with Crippen LogP contribution >= 0.6 is 27.3 Å². The second-order valence-electron chi connectivity index (χ2n) is 6.03. The Morgan fingerprint density at radius 1 is 1.18 bits per heavy atom. The average molecular weight is 456 g/mol. The Labute approximate surface area is 175 Å². The molecule has 28 heavy (non-hydrogen) atoms. The van der Waals surface area contributed by atoms with Gasteiger partial charge in [0, 0.05) is 28.5 Å². The van der Waals surface area contributed by atoms with E-state index in [2.05, 4.69) is 26.2 Å². The summed E-state index contributed by atoms with van der Waals surface area (Å²) in [7, 11) is 0. The van der Waals surface area contributed by atoms with Gasteiger partial charge in [0.1, 0.15) is 0 Å². The number of rotatable bonds is 5. The molecule has 0 bridgehead atoms. The third-order valence-electron chi connectivity index (χ3n) is 3.89. The van der Waals surface area contributed by atoms with Crippen LogP contribution in [0.2, 0.25) is 0 Å². The van der Waals surface area contributed by atoms with E-state index in [1.165, 1.54) is 24.3 Å². The number of carbonyl (C=O) groups is 2. The minimum absolute atomic E-state index is 0.126. The lowest BCUT2D eigenvalue weighted by atomic mass is 10.2. The first-order valence-electron chi connectivity index (χ1n) is 8.50. The second-order valence-corrected chi connectivity index (χ2v) is 7.78. The highest BCUT2D eigenvalue weighted by atomic mass is 79.9. The van der Waals surface area contributed by atoms with Gasteiger partial charge in [-0.25, -0.2) is 4.98 Å². The third kappa shape index (κ3) is 4.94. The highest BCUT2D eigenvalue weighted by molar-refractivity contribution is 9.10. The molecular formula is C21H18BrN3O2S. The van der Waals surface area contributed by atoms with Gasteiger partial charge in [0.25, 0.3) is 0 Å². The Balaban J connectivity index is 1.73. The molecule has 2 amide bonds. The van der Waals surface area contributed by atoms with Crippen molar-refractivity contribution in [2.24, 2.45) is 0 Å². The van der Waals surface area contributed by atoms with Crippen LogP contribution in [0.4, 0.5) is 16.5 Å². The fourth-order valence-electron chi connectivity index (χ4n) is 2.52. The van der Waals surface area contributed by atoms with Gasteiger partial charge in [0.2, 0.25) is 11.8 Å². The van der Waals surface area contributed by atoms with Crippen molar-refractivity contribution in [3.8, 4) is 0 Å². The van der Waals surface area contributed by atoms with Gasteiger partial charge >= 0.3 is 0 Å². The molecule has 142 valence electrons. The van der Waals surface area contributed by atoms with Crippen LogP contribution < -0.4 is 10.2 Å². The van der Waals surface area contributed by atoms with Gasteiger partial charge in [-0.3, -0.25) is 14.5 Å². The van der Waals surface area contributed by atoms with Crippen LogP contribution in [-0.2, 0) is 9.59 Å². The zero-order chi connectivity index (χ0) is 20.1. The van der Waals surface area contributed by atoms with Crippen molar-refractivity contribution < 1.29 is 9.59 Å². The molecule has 0 saturated heterocycles. The van der Waals surface area contributed by atoms with E-state index in [9.17, 15) is 9.59 Å². The minimum atomic E-state index is -0.248. The van der Waals surface area contributed by atoms with Crippen LogP contribution in [0.25, 0.3) is 6.08 Å². The molecule has 5 nitrogen and oxygen atoms in total.